The van der Waals surface area contributed by atoms with Crippen LogP contribution in [0.2, 0.25) is 0 Å². The summed E-state index contributed by atoms with van der Waals surface area (Å²) in [6, 6.07) is 10.5. The van der Waals surface area contributed by atoms with E-state index in [1.165, 1.54) is 12.4 Å². The summed E-state index contributed by atoms with van der Waals surface area (Å²) < 4.78 is 60.6. The Morgan fingerprint density at radius 1 is 1.03 bits per heavy atom. The van der Waals surface area contributed by atoms with Crippen LogP contribution in [-0.4, -0.2) is 39.7 Å². The fourth-order valence-corrected chi connectivity index (χ4v) is 4.94. The first-order chi connectivity index (χ1) is 18.2. The number of alkyl halides is 3. The summed E-state index contributed by atoms with van der Waals surface area (Å²) in [6.07, 6.45) is -0.144. The van der Waals surface area contributed by atoms with E-state index in [1.807, 2.05) is 35.9 Å². The summed E-state index contributed by atoms with van der Waals surface area (Å²) in [7, 11) is 3.42. The summed E-state index contributed by atoms with van der Waals surface area (Å²) in [5, 5.41) is 0. The summed E-state index contributed by atoms with van der Waals surface area (Å²) in [4.78, 5) is 15.5. The number of nitrogens with two attached hydrogens (primary N) is 1. The van der Waals surface area contributed by atoms with Crippen molar-refractivity contribution in [3.8, 4) is 28.1 Å². The molecule has 0 amide bonds. The predicted molar refractivity (Wildman–Crippen MR) is 136 cm³/mol. The Hall–Kier alpha value is -4.15. The van der Waals surface area contributed by atoms with E-state index in [2.05, 4.69) is 19.9 Å². The first kappa shape index (κ1) is 25.5. The third kappa shape index (κ3) is 4.88. The number of ether oxygens (including phenoxy) is 1. The maximum Gasteiger partial charge on any atom is 0.419 e. The van der Waals surface area contributed by atoms with Gasteiger partial charge in [-0.15, -0.1) is 0 Å². The second kappa shape index (κ2) is 9.96. The number of imidazole rings is 1. The number of benzene rings is 2. The van der Waals surface area contributed by atoms with Crippen molar-refractivity contribution in [2.24, 2.45) is 7.05 Å². The molecule has 38 heavy (non-hydrogen) atoms. The number of nitrogen functional groups attached to an aromatic ring is 1. The predicted octanol–water partition coefficient (Wildman–Crippen LogP) is 5.68. The first-order valence-electron chi connectivity index (χ1n) is 12.1. The highest BCUT2D eigenvalue weighted by Crippen LogP contribution is 2.38. The van der Waals surface area contributed by atoms with Crippen molar-refractivity contribution in [3.63, 3.8) is 0 Å². The van der Waals surface area contributed by atoms with E-state index in [1.54, 1.807) is 13.3 Å². The lowest BCUT2D eigenvalue weighted by molar-refractivity contribution is -0.139. The van der Waals surface area contributed by atoms with Crippen LogP contribution >= 0.6 is 0 Å². The SMILES string of the molecule is COc1cccc(-c2c(N)ncnc2N2CCC(c3nc(-c4ccc(F)c(C(F)(F)F)c4)cn3C)CC2)c1. The van der Waals surface area contributed by atoms with Crippen LogP contribution in [0.3, 0.4) is 0 Å². The van der Waals surface area contributed by atoms with Crippen LogP contribution in [0.4, 0.5) is 29.2 Å². The molecule has 1 aliphatic heterocycles. The average molecular weight is 527 g/mol. The summed E-state index contributed by atoms with van der Waals surface area (Å²) >= 11 is 0. The molecule has 4 aromatic rings. The van der Waals surface area contributed by atoms with Crippen molar-refractivity contribution in [3.05, 3.63) is 72.2 Å². The van der Waals surface area contributed by atoms with Gasteiger partial charge in [0.15, 0.2) is 0 Å². The molecule has 7 nitrogen and oxygen atoms in total. The highest BCUT2D eigenvalue weighted by Gasteiger charge is 2.34. The number of aryl methyl sites for hydroxylation is 1. The number of nitrogens with zero attached hydrogens (tertiary/aromatic N) is 5. The van der Waals surface area contributed by atoms with Crippen LogP contribution in [0.25, 0.3) is 22.4 Å². The monoisotopic (exact) mass is 526 g/mol. The first-order valence-corrected chi connectivity index (χ1v) is 12.1. The Kier molecular flexibility index (Phi) is 6.68. The molecule has 11 heteroatoms. The second-order valence-corrected chi connectivity index (χ2v) is 9.24. The van der Waals surface area contributed by atoms with Crippen molar-refractivity contribution in [2.75, 3.05) is 30.8 Å². The number of piperidine rings is 1. The van der Waals surface area contributed by atoms with Gasteiger partial charge in [0, 0.05) is 37.8 Å². The second-order valence-electron chi connectivity index (χ2n) is 9.24. The van der Waals surface area contributed by atoms with Crippen LogP contribution in [-0.2, 0) is 13.2 Å². The molecule has 0 bridgehead atoms. The van der Waals surface area contributed by atoms with Crippen molar-refractivity contribution in [1.29, 1.82) is 0 Å². The van der Waals surface area contributed by atoms with Gasteiger partial charge in [0.25, 0.3) is 0 Å². The Morgan fingerprint density at radius 3 is 2.50 bits per heavy atom. The van der Waals surface area contributed by atoms with Gasteiger partial charge in [0.05, 0.1) is 23.9 Å². The van der Waals surface area contributed by atoms with E-state index < -0.39 is 17.6 Å². The average Bonchev–Trinajstić information content (AvgIpc) is 3.29. The molecule has 3 heterocycles. The van der Waals surface area contributed by atoms with E-state index in [0.717, 1.165) is 47.7 Å². The van der Waals surface area contributed by atoms with Crippen LogP contribution < -0.4 is 15.4 Å². The molecule has 0 aliphatic carbocycles. The normalized spacial score (nSPS) is 14.6. The Bertz CT molecular complexity index is 1460. The third-order valence-electron chi connectivity index (χ3n) is 6.85. The number of halogens is 4. The van der Waals surface area contributed by atoms with Crippen molar-refractivity contribution in [2.45, 2.75) is 24.9 Å². The molecule has 0 atom stereocenters. The lowest BCUT2D eigenvalue weighted by Gasteiger charge is -2.33. The zero-order valence-corrected chi connectivity index (χ0v) is 20.8. The standard InChI is InChI=1S/C27H26F4N6O/c1-36-14-22(17-6-7-21(28)20(13-17)27(29,30)31)35-25(36)16-8-10-37(11-9-16)26-23(24(32)33-15-34-26)18-4-3-5-19(12-18)38-2/h3-7,12-16H,8-11H2,1-2H3,(H2,32,33,34). The molecule has 0 radical (unpaired) electrons. The van der Waals surface area contributed by atoms with Crippen molar-refractivity contribution >= 4 is 11.6 Å². The van der Waals surface area contributed by atoms with E-state index in [-0.39, 0.29) is 11.5 Å². The minimum atomic E-state index is -4.78. The molecular weight excluding hydrogens is 500 g/mol. The molecule has 2 aromatic heterocycles. The number of methoxy groups -OCH3 is 1. The van der Waals surface area contributed by atoms with Crippen molar-refractivity contribution < 1.29 is 22.3 Å². The van der Waals surface area contributed by atoms with Gasteiger partial charge in [-0.25, -0.2) is 19.3 Å². The molecule has 5 rings (SSSR count). The highest BCUT2D eigenvalue weighted by atomic mass is 19.4. The zero-order valence-electron chi connectivity index (χ0n) is 20.8. The van der Waals surface area contributed by atoms with E-state index in [0.29, 0.717) is 30.4 Å². The Balaban J connectivity index is 1.37. The maximum atomic E-state index is 13.8. The fourth-order valence-electron chi connectivity index (χ4n) is 4.94. The summed E-state index contributed by atoms with van der Waals surface area (Å²) in [6.45, 7) is 1.35. The molecule has 1 saturated heterocycles. The third-order valence-corrected chi connectivity index (χ3v) is 6.85. The molecule has 0 spiro atoms. The maximum absolute atomic E-state index is 13.8. The Morgan fingerprint density at radius 2 is 1.79 bits per heavy atom. The molecule has 2 N–H and O–H groups in total. The molecule has 0 unspecified atom stereocenters. The summed E-state index contributed by atoms with van der Waals surface area (Å²) in [5.74, 6) is 1.36. The molecule has 2 aromatic carbocycles. The minimum absolute atomic E-state index is 0.0898. The quantitative estimate of drug-likeness (QED) is 0.337. The fraction of sp³-hybridized carbons (Fsp3) is 0.296. The van der Waals surface area contributed by atoms with Gasteiger partial charge in [0.1, 0.15) is 35.4 Å². The van der Waals surface area contributed by atoms with Crippen LogP contribution in [0.5, 0.6) is 5.75 Å². The molecule has 1 aliphatic rings. The number of hydrogen-bond donors (Lipinski definition) is 1. The summed E-state index contributed by atoms with van der Waals surface area (Å²) in [5.41, 5.74) is 7.15. The van der Waals surface area contributed by atoms with E-state index in [9.17, 15) is 17.6 Å². The van der Waals surface area contributed by atoms with E-state index >= 15 is 0 Å². The lowest BCUT2D eigenvalue weighted by atomic mass is 9.95. The number of rotatable bonds is 5. The minimum Gasteiger partial charge on any atom is -0.497 e. The largest absolute Gasteiger partial charge is 0.497 e. The van der Waals surface area contributed by atoms with Gasteiger partial charge in [-0.2, -0.15) is 13.2 Å². The van der Waals surface area contributed by atoms with Crippen LogP contribution in [0.15, 0.2) is 55.0 Å². The number of anilines is 2. The lowest BCUT2D eigenvalue weighted by Crippen LogP contribution is -2.34. The number of hydrogen-bond acceptors (Lipinski definition) is 6. The molecule has 0 saturated carbocycles. The van der Waals surface area contributed by atoms with Gasteiger partial charge in [-0.3, -0.25) is 0 Å². The molecule has 198 valence electrons. The van der Waals surface area contributed by atoms with Gasteiger partial charge in [-0.05, 0) is 48.7 Å². The van der Waals surface area contributed by atoms with Gasteiger partial charge < -0.3 is 19.9 Å². The van der Waals surface area contributed by atoms with Crippen LogP contribution in [0, 0.1) is 5.82 Å². The van der Waals surface area contributed by atoms with Crippen molar-refractivity contribution in [1.82, 2.24) is 19.5 Å². The molecular formula is C27H26F4N6O. The topological polar surface area (TPSA) is 82.1 Å². The van der Waals surface area contributed by atoms with E-state index in [4.69, 9.17) is 10.5 Å². The molecule has 1 fully saturated rings. The van der Waals surface area contributed by atoms with Crippen LogP contribution in [0.1, 0.15) is 30.1 Å². The van der Waals surface area contributed by atoms with Gasteiger partial charge in [0.2, 0.25) is 0 Å². The zero-order chi connectivity index (χ0) is 27.0. The Labute approximate surface area is 216 Å². The number of aromatic nitrogens is 4. The van der Waals surface area contributed by atoms with Gasteiger partial charge >= 0.3 is 6.18 Å². The highest BCUT2D eigenvalue weighted by molar-refractivity contribution is 5.84. The smallest absolute Gasteiger partial charge is 0.419 e. The van der Waals surface area contributed by atoms with Gasteiger partial charge in [-0.1, -0.05) is 12.1 Å².